The SMILES string of the molecule is C(=Cc1ccccc1)CN1CCCC(Nc2ccccc2)C1. The van der Waals surface area contributed by atoms with Crippen LogP contribution in [0, 0.1) is 0 Å². The number of piperidine rings is 1. The van der Waals surface area contributed by atoms with Gasteiger partial charge in [0.05, 0.1) is 0 Å². The van der Waals surface area contributed by atoms with E-state index in [9.17, 15) is 0 Å². The van der Waals surface area contributed by atoms with Crippen molar-refractivity contribution >= 4 is 11.8 Å². The number of rotatable bonds is 5. The molecule has 1 aliphatic rings. The first-order chi connectivity index (χ1) is 10.9. The summed E-state index contributed by atoms with van der Waals surface area (Å²) < 4.78 is 0. The first-order valence-electron chi connectivity index (χ1n) is 8.16. The Kier molecular flexibility index (Phi) is 5.27. The van der Waals surface area contributed by atoms with Crippen LogP contribution < -0.4 is 5.32 Å². The van der Waals surface area contributed by atoms with Crippen molar-refractivity contribution in [1.29, 1.82) is 0 Å². The molecule has 0 aliphatic carbocycles. The topological polar surface area (TPSA) is 15.3 Å². The predicted octanol–water partition coefficient (Wildman–Crippen LogP) is 4.28. The minimum Gasteiger partial charge on any atom is -0.381 e. The van der Waals surface area contributed by atoms with Crippen molar-refractivity contribution in [3.8, 4) is 0 Å². The molecule has 1 unspecified atom stereocenters. The largest absolute Gasteiger partial charge is 0.381 e. The predicted molar refractivity (Wildman–Crippen MR) is 95.0 cm³/mol. The second kappa shape index (κ2) is 7.81. The molecule has 0 amide bonds. The quantitative estimate of drug-likeness (QED) is 0.885. The van der Waals surface area contributed by atoms with Crippen LogP contribution in [-0.2, 0) is 0 Å². The summed E-state index contributed by atoms with van der Waals surface area (Å²) in [5, 5.41) is 3.65. The molecule has 0 bridgehead atoms. The van der Waals surface area contributed by atoms with E-state index in [0.29, 0.717) is 6.04 Å². The fourth-order valence-electron chi connectivity index (χ4n) is 3.01. The van der Waals surface area contributed by atoms with Gasteiger partial charge in [-0.3, -0.25) is 4.90 Å². The lowest BCUT2D eigenvalue weighted by Crippen LogP contribution is -2.42. The number of nitrogens with zero attached hydrogens (tertiary/aromatic N) is 1. The highest BCUT2D eigenvalue weighted by Crippen LogP contribution is 2.16. The molecule has 1 aliphatic heterocycles. The van der Waals surface area contributed by atoms with Gasteiger partial charge < -0.3 is 5.32 Å². The number of hydrogen-bond acceptors (Lipinski definition) is 2. The Morgan fingerprint density at radius 3 is 2.50 bits per heavy atom. The Morgan fingerprint density at radius 2 is 1.73 bits per heavy atom. The van der Waals surface area contributed by atoms with E-state index in [1.807, 2.05) is 0 Å². The van der Waals surface area contributed by atoms with E-state index in [1.54, 1.807) is 0 Å². The van der Waals surface area contributed by atoms with Crippen LogP contribution in [0.15, 0.2) is 66.7 Å². The Hall–Kier alpha value is -2.06. The average molecular weight is 292 g/mol. The van der Waals surface area contributed by atoms with Gasteiger partial charge in [-0.1, -0.05) is 60.7 Å². The third-order valence-corrected chi connectivity index (χ3v) is 4.12. The Morgan fingerprint density at radius 1 is 1.00 bits per heavy atom. The molecule has 0 spiro atoms. The molecule has 2 nitrogen and oxygen atoms in total. The summed E-state index contributed by atoms with van der Waals surface area (Å²) >= 11 is 0. The number of likely N-dealkylation sites (tertiary alicyclic amines) is 1. The second-order valence-corrected chi connectivity index (χ2v) is 5.92. The number of hydrogen-bond donors (Lipinski definition) is 1. The van der Waals surface area contributed by atoms with E-state index in [-0.39, 0.29) is 0 Å². The summed E-state index contributed by atoms with van der Waals surface area (Å²) in [6, 6.07) is 21.6. The fourth-order valence-corrected chi connectivity index (χ4v) is 3.01. The normalized spacial score (nSPS) is 19.4. The molecule has 1 saturated heterocycles. The molecule has 2 heteroatoms. The molecule has 2 aromatic carbocycles. The Balaban J connectivity index is 1.49. The van der Waals surface area contributed by atoms with Crippen LogP contribution >= 0.6 is 0 Å². The molecular weight excluding hydrogens is 268 g/mol. The van der Waals surface area contributed by atoms with Crippen molar-refractivity contribution in [2.24, 2.45) is 0 Å². The minimum absolute atomic E-state index is 0.557. The molecule has 1 heterocycles. The van der Waals surface area contributed by atoms with E-state index in [4.69, 9.17) is 0 Å². The Bertz CT molecular complexity index is 577. The molecule has 22 heavy (non-hydrogen) atoms. The lowest BCUT2D eigenvalue weighted by molar-refractivity contribution is 0.237. The van der Waals surface area contributed by atoms with E-state index < -0.39 is 0 Å². The van der Waals surface area contributed by atoms with Crippen LogP contribution in [0.3, 0.4) is 0 Å². The molecule has 1 atom stereocenters. The van der Waals surface area contributed by atoms with Crippen LogP contribution in [0.2, 0.25) is 0 Å². The maximum Gasteiger partial charge on any atom is 0.0389 e. The third-order valence-electron chi connectivity index (χ3n) is 4.12. The van der Waals surface area contributed by atoms with Crippen LogP contribution in [0.25, 0.3) is 6.08 Å². The van der Waals surface area contributed by atoms with Gasteiger partial charge in [-0.15, -0.1) is 0 Å². The van der Waals surface area contributed by atoms with Gasteiger partial charge in [-0.2, -0.15) is 0 Å². The van der Waals surface area contributed by atoms with Crippen molar-refractivity contribution < 1.29 is 0 Å². The summed E-state index contributed by atoms with van der Waals surface area (Å²) in [5.74, 6) is 0. The molecule has 114 valence electrons. The van der Waals surface area contributed by atoms with Crippen LogP contribution in [0.1, 0.15) is 18.4 Å². The molecule has 0 radical (unpaired) electrons. The van der Waals surface area contributed by atoms with Crippen molar-refractivity contribution in [2.75, 3.05) is 25.0 Å². The summed E-state index contributed by atoms with van der Waals surface area (Å²) in [5.41, 5.74) is 2.51. The van der Waals surface area contributed by atoms with E-state index >= 15 is 0 Å². The first kappa shape index (κ1) is 14.9. The van der Waals surface area contributed by atoms with Gasteiger partial charge in [0.1, 0.15) is 0 Å². The minimum atomic E-state index is 0.557. The van der Waals surface area contributed by atoms with Crippen molar-refractivity contribution in [3.05, 3.63) is 72.3 Å². The number of anilines is 1. The lowest BCUT2D eigenvalue weighted by Gasteiger charge is -2.33. The van der Waals surface area contributed by atoms with Crippen LogP contribution in [-0.4, -0.2) is 30.6 Å². The average Bonchev–Trinajstić information content (AvgIpc) is 2.57. The van der Waals surface area contributed by atoms with Gasteiger partial charge >= 0.3 is 0 Å². The highest BCUT2D eigenvalue weighted by atomic mass is 15.2. The Labute approximate surface area is 133 Å². The second-order valence-electron chi connectivity index (χ2n) is 5.92. The smallest absolute Gasteiger partial charge is 0.0389 e. The van der Waals surface area contributed by atoms with Crippen molar-refractivity contribution in [1.82, 2.24) is 4.90 Å². The van der Waals surface area contributed by atoms with E-state index in [0.717, 1.165) is 13.1 Å². The van der Waals surface area contributed by atoms with Gasteiger partial charge in [-0.05, 0) is 37.1 Å². The molecule has 0 aromatic heterocycles. The van der Waals surface area contributed by atoms with Crippen molar-refractivity contribution in [3.63, 3.8) is 0 Å². The van der Waals surface area contributed by atoms with Gasteiger partial charge in [0, 0.05) is 24.8 Å². The standard InChI is InChI=1S/C20H24N2/c1-3-9-18(10-4-1)11-7-15-22-16-8-14-20(17-22)21-19-12-5-2-6-13-19/h1-7,9-13,20-21H,8,14-17H2. The number of nitrogens with one attached hydrogen (secondary N) is 1. The fraction of sp³-hybridized carbons (Fsp3) is 0.300. The number of para-hydroxylation sites is 1. The van der Waals surface area contributed by atoms with Gasteiger partial charge in [0.25, 0.3) is 0 Å². The summed E-state index contributed by atoms with van der Waals surface area (Å²) in [6.45, 7) is 3.35. The zero-order valence-electron chi connectivity index (χ0n) is 13.0. The molecule has 0 saturated carbocycles. The first-order valence-corrected chi connectivity index (χ1v) is 8.16. The molecule has 3 rings (SSSR count). The molecular formula is C20H24N2. The van der Waals surface area contributed by atoms with Gasteiger partial charge in [0.15, 0.2) is 0 Å². The maximum atomic E-state index is 3.65. The molecule has 2 aromatic rings. The number of benzene rings is 2. The highest BCUT2D eigenvalue weighted by molar-refractivity contribution is 5.48. The lowest BCUT2D eigenvalue weighted by atomic mass is 10.1. The zero-order chi connectivity index (χ0) is 15.0. The van der Waals surface area contributed by atoms with E-state index in [1.165, 1.54) is 30.6 Å². The van der Waals surface area contributed by atoms with Gasteiger partial charge in [0.2, 0.25) is 0 Å². The van der Waals surface area contributed by atoms with Crippen molar-refractivity contribution in [2.45, 2.75) is 18.9 Å². The zero-order valence-corrected chi connectivity index (χ0v) is 13.0. The van der Waals surface area contributed by atoms with Crippen LogP contribution in [0.4, 0.5) is 5.69 Å². The summed E-state index contributed by atoms with van der Waals surface area (Å²) in [4.78, 5) is 2.53. The van der Waals surface area contributed by atoms with E-state index in [2.05, 4.69) is 83.0 Å². The third kappa shape index (κ3) is 4.47. The highest BCUT2D eigenvalue weighted by Gasteiger charge is 2.18. The molecule has 1 N–H and O–H groups in total. The summed E-state index contributed by atoms with van der Waals surface area (Å²) in [7, 11) is 0. The van der Waals surface area contributed by atoms with Gasteiger partial charge in [-0.25, -0.2) is 0 Å². The molecule has 1 fully saturated rings. The maximum absolute atomic E-state index is 3.65. The summed E-state index contributed by atoms with van der Waals surface area (Å²) in [6.07, 6.45) is 7.02. The van der Waals surface area contributed by atoms with Crippen LogP contribution in [0.5, 0.6) is 0 Å². The monoisotopic (exact) mass is 292 g/mol.